The molecule has 0 radical (unpaired) electrons. The maximum atomic E-state index is 12.4. The van der Waals surface area contributed by atoms with Gasteiger partial charge >= 0.3 is 0 Å². The van der Waals surface area contributed by atoms with Crippen molar-refractivity contribution in [3.63, 3.8) is 0 Å². The molecule has 2 aromatic rings. The van der Waals surface area contributed by atoms with Crippen molar-refractivity contribution in [3.05, 3.63) is 63.7 Å². The molecular weight excluding hydrogens is 554 g/mol. The molecule has 0 spiro atoms. The number of benzene rings is 2. The molecule has 1 aliphatic rings. The van der Waals surface area contributed by atoms with Gasteiger partial charge in [0.1, 0.15) is 12.0 Å². The number of likely N-dealkylation sites (N-methyl/N-ethyl adjacent to an activating group) is 2. The van der Waals surface area contributed by atoms with E-state index in [0.717, 1.165) is 74.9 Å². The van der Waals surface area contributed by atoms with Gasteiger partial charge in [0.15, 0.2) is 6.29 Å². The van der Waals surface area contributed by atoms with Crippen molar-refractivity contribution in [2.45, 2.75) is 77.2 Å². The first kappa shape index (κ1) is 33.7. The minimum atomic E-state index is -0.476. The highest BCUT2D eigenvalue weighted by Crippen LogP contribution is 2.35. The molecule has 9 heteroatoms. The average molecular weight is 600 g/mol. The van der Waals surface area contributed by atoms with Gasteiger partial charge in [0, 0.05) is 42.7 Å². The zero-order valence-corrected chi connectivity index (χ0v) is 26.0. The van der Waals surface area contributed by atoms with Crippen LogP contribution in [-0.4, -0.2) is 74.7 Å². The van der Waals surface area contributed by atoms with E-state index in [0.29, 0.717) is 37.5 Å². The summed E-state index contributed by atoms with van der Waals surface area (Å²) in [6.45, 7) is 6.85. The third kappa shape index (κ3) is 9.90. The molecule has 0 saturated heterocycles. The van der Waals surface area contributed by atoms with Crippen LogP contribution in [0.2, 0.25) is 5.02 Å². The fraction of sp³-hybridized carbons (Fsp3) is 0.545. The summed E-state index contributed by atoms with van der Waals surface area (Å²) >= 11 is 6.20. The summed E-state index contributed by atoms with van der Waals surface area (Å²) < 4.78 is 12.1. The Balaban J connectivity index is 1.41. The van der Waals surface area contributed by atoms with Crippen LogP contribution in [0.1, 0.15) is 85.0 Å². The van der Waals surface area contributed by atoms with E-state index in [2.05, 4.69) is 23.2 Å². The second-order valence-electron chi connectivity index (χ2n) is 10.9. The molecule has 1 amide bonds. The van der Waals surface area contributed by atoms with Crippen molar-refractivity contribution in [1.82, 2.24) is 15.1 Å². The number of halogens is 1. The Labute approximate surface area is 255 Å². The lowest BCUT2D eigenvalue weighted by molar-refractivity contribution is -0.126. The van der Waals surface area contributed by atoms with Crippen LogP contribution in [0, 0.1) is 0 Å². The topological polar surface area (TPSA) is 88.2 Å². The number of aldehydes is 2. The van der Waals surface area contributed by atoms with Crippen LogP contribution in [-0.2, 0) is 27.5 Å². The van der Waals surface area contributed by atoms with Gasteiger partial charge in [0.2, 0.25) is 5.91 Å². The van der Waals surface area contributed by atoms with Crippen molar-refractivity contribution in [2.24, 2.45) is 0 Å². The molecule has 0 aromatic heterocycles. The molecular formula is C33H46ClN3O5. The van der Waals surface area contributed by atoms with E-state index in [1.54, 1.807) is 13.1 Å². The molecule has 2 aromatic carbocycles. The second-order valence-corrected chi connectivity index (χ2v) is 11.3. The summed E-state index contributed by atoms with van der Waals surface area (Å²) in [6, 6.07) is 11.0. The first-order valence-corrected chi connectivity index (χ1v) is 15.5. The molecule has 1 N–H and O–H groups in total. The Morgan fingerprint density at radius 1 is 1.17 bits per heavy atom. The Morgan fingerprint density at radius 2 is 1.98 bits per heavy atom. The van der Waals surface area contributed by atoms with Crippen LogP contribution in [0.5, 0.6) is 5.75 Å². The van der Waals surface area contributed by atoms with Crippen molar-refractivity contribution in [1.29, 1.82) is 0 Å². The zero-order chi connectivity index (χ0) is 30.3. The number of ether oxygens (including phenoxy) is 2. The fourth-order valence-electron chi connectivity index (χ4n) is 5.52. The number of carbonyl (C=O) groups excluding carboxylic acids is 3. The summed E-state index contributed by atoms with van der Waals surface area (Å²) in [4.78, 5) is 39.5. The molecule has 0 bridgehead atoms. The minimum Gasteiger partial charge on any atom is -0.493 e. The van der Waals surface area contributed by atoms with Gasteiger partial charge in [-0.2, -0.15) is 0 Å². The van der Waals surface area contributed by atoms with Crippen LogP contribution in [0.25, 0.3) is 0 Å². The molecule has 1 unspecified atom stereocenters. The molecule has 3 rings (SSSR count). The van der Waals surface area contributed by atoms with Gasteiger partial charge in [-0.15, -0.1) is 0 Å². The third-order valence-corrected chi connectivity index (χ3v) is 8.25. The maximum absolute atomic E-state index is 12.4. The van der Waals surface area contributed by atoms with Crippen LogP contribution in [0.3, 0.4) is 0 Å². The number of rotatable bonds is 20. The number of nitrogens with zero attached hydrogens (tertiary/aromatic N) is 2. The largest absolute Gasteiger partial charge is 0.493 e. The zero-order valence-electron chi connectivity index (χ0n) is 25.3. The standard InChI is InChI=1S/C33H46ClN3O5/c1-4-37(18-16-32-28-21-27(34)15-14-26(28)24-42-32)17-7-5-6-8-20-41-31-13-9-11-25(23-39)29(31)22-36(3)30(12-10-19-38)33(40)35-2/h9,11,13-15,19,21,23,30,32H,4-8,10,12,16-18,20,22,24H2,1-3H3,(H,35,40)/t30?,32-/m1/s1. The summed E-state index contributed by atoms with van der Waals surface area (Å²) in [5.41, 5.74) is 3.77. The van der Waals surface area contributed by atoms with E-state index in [1.165, 1.54) is 11.1 Å². The highest BCUT2D eigenvalue weighted by Gasteiger charge is 2.25. The summed E-state index contributed by atoms with van der Waals surface area (Å²) in [6.07, 6.45) is 7.64. The van der Waals surface area contributed by atoms with Crippen molar-refractivity contribution < 1.29 is 23.9 Å². The van der Waals surface area contributed by atoms with E-state index in [4.69, 9.17) is 21.1 Å². The van der Waals surface area contributed by atoms with Crippen molar-refractivity contribution >= 4 is 30.1 Å². The first-order valence-electron chi connectivity index (χ1n) is 15.1. The lowest BCUT2D eigenvalue weighted by atomic mass is 10.0. The molecule has 1 heterocycles. The lowest BCUT2D eigenvalue weighted by Gasteiger charge is -2.27. The number of amides is 1. The van der Waals surface area contributed by atoms with Crippen LogP contribution >= 0.6 is 11.6 Å². The summed E-state index contributed by atoms with van der Waals surface area (Å²) in [7, 11) is 3.41. The Kier molecular flexibility index (Phi) is 14.5. The normalized spacial score (nSPS) is 15.0. The van der Waals surface area contributed by atoms with Gasteiger partial charge in [0.25, 0.3) is 0 Å². The van der Waals surface area contributed by atoms with E-state index in [1.807, 2.05) is 36.2 Å². The van der Waals surface area contributed by atoms with Crippen LogP contribution < -0.4 is 10.1 Å². The molecule has 0 saturated carbocycles. The second kappa shape index (κ2) is 18.0. The van der Waals surface area contributed by atoms with E-state index in [9.17, 15) is 14.4 Å². The van der Waals surface area contributed by atoms with Crippen molar-refractivity contribution in [2.75, 3.05) is 40.3 Å². The Hall–Kier alpha value is -2.78. The average Bonchev–Trinajstić information content (AvgIpc) is 3.40. The summed E-state index contributed by atoms with van der Waals surface area (Å²) in [5, 5.41) is 3.43. The number of nitrogens with one attached hydrogen (secondary N) is 1. The molecule has 0 fully saturated rings. The Bertz CT molecular complexity index is 1160. The molecule has 230 valence electrons. The summed E-state index contributed by atoms with van der Waals surface area (Å²) in [5.74, 6) is 0.501. The highest BCUT2D eigenvalue weighted by atomic mass is 35.5. The maximum Gasteiger partial charge on any atom is 0.237 e. The number of unbranched alkanes of at least 4 members (excludes halogenated alkanes) is 3. The number of hydrogen-bond acceptors (Lipinski definition) is 7. The first-order chi connectivity index (χ1) is 20.4. The van der Waals surface area contributed by atoms with E-state index < -0.39 is 6.04 Å². The van der Waals surface area contributed by atoms with E-state index >= 15 is 0 Å². The fourth-order valence-corrected chi connectivity index (χ4v) is 5.70. The smallest absolute Gasteiger partial charge is 0.237 e. The number of fused-ring (bicyclic) bond motifs is 1. The van der Waals surface area contributed by atoms with Gasteiger partial charge in [-0.05, 0) is 75.1 Å². The van der Waals surface area contributed by atoms with Crippen LogP contribution in [0.15, 0.2) is 36.4 Å². The minimum absolute atomic E-state index is 0.123. The highest BCUT2D eigenvalue weighted by molar-refractivity contribution is 6.30. The van der Waals surface area contributed by atoms with Gasteiger partial charge in [-0.25, -0.2) is 0 Å². The SMILES string of the molecule is CCN(CCCCCCOc1cccc(C=O)c1CN(C)C(CCC=O)C(=O)NC)CC[C@H]1OCc2ccc(Cl)cc21. The molecule has 2 atom stereocenters. The Morgan fingerprint density at radius 3 is 2.71 bits per heavy atom. The molecule has 42 heavy (non-hydrogen) atoms. The van der Waals surface area contributed by atoms with Crippen molar-refractivity contribution in [3.8, 4) is 5.75 Å². The lowest BCUT2D eigenvalue weighted by Crippen LogP contribution is -2.43. The van der Waals surface area contributed by atoms with Gasteiger partial charge < -0.3 is 24.5 Å². The molecule has 1 aliphatic heterocycles. The molecule has 0 aliphatic carbocycles. The quantitative estimate of drug-likeness (QED) is 0.157. The number of hydrogen-bond donors (Lipinski definition) is 1. The predicted octanol–water partition coefficient (Wildman–Crippen LogP) is 5.60. The predicted molar refractivity (Wildman–Crippen MR) is 166 cm³/mol. The van der Waals surface area contributed by atoms with Gasteiger partial charge in [0.05, 0.1) is 25.4 Å². The van der Waals surface area contributed by atoms with Gasteiger partial charge in [-0.3, -0.25) is 14.5 Å². The van der Waals surface area contributed by atoms with Crippen LogP contribution in [0.4, 0.5) is 0 Å². The number of carbonyl (C=O) groups is 3. The van der Waals surface area contributed by atoms with Gasteiger partial charge in [-0.1, -0.05) is 49.6 Å². The molecule has 8 nitrogen and oxygen atoms in total. The third-order valence-electron chi connectivity index (χ3n) is 8.02. The van der Waals surface area contributed by atoms with E-state index in [-0.39, 0.29) is 18.4 Å². The monoisotopic (exact) mass is 599 g/mol.